The standard InChI is InChI=1S/C8H7Cl2N3OS/c9-13(10)8(15)12-11-5-6-3-1-2-4-7(6)14/h1-5,14H,(H,12,15). The number of halogens is 2. The number of hydrogen-bond donors (Lipinski definition) is 2. The lowest BCUT2D eigenvalue weighted by Gasteiger charge is -2.04. The molecule has 80 valence electrons. The summed E-state index contributed by atoms with van der Waals surface area (Å²) in [6.07, 6.45) is 1.40. The Morgan fingerprint density at radius 3 is 2.73 bits per heavy atom. The summed E-state index contributed by atoms with van der Waals surface area (Å²) in [5.41, 5.74) is 2.97. The second kappa shape index (κ2) is 5.75. The largest absolute Gasteiger partial charge is 0.507 e. The van der Waals surface area contributed by atoms with Crippen LogP contribution >= 0.6 is 35.8 Å². The van der Waals surface area contributed by atoms with Crippen molar-refractivity contribution >= 4 is 47.1 Å². The molecule has 7 heteroatoms. The monoisotopic (exact) mass is 263 g/mol. The van der Waals surface area contributed by atoms with Gasteiger partial charge in [0.05, 0.1) is 6.21 Å². The first kappa shape index (κ1) is 12.0. The van der Waals surface area contributed by atoms with E-state index in [4.69, 9.17) is 35.8 Å². The molecule has 0 spiro atoms. The summed E-state index contributed by atoms with van der Waals surface area (Å²) in [4.78, 5) is 0. The number of para-hydroxylation sites is 1. The van der Waals surface area contributed by atoms with Gasteiger partial charge in [0.1, 0.15) is 5.75 Å². The van der Waals surface area contributed by atoms with Gasteiger partial charge in [-0.1, -0.05) is 12.1 Å². The number of thiocarbonyl (C=S) groups is 1. The fourth-order valence-electron chi connectivity index (χ4n) is 0.792. The molecular formula is C8H7Cl2N3OS. The lowest BCUT2D eigenvalue weighted by Crippen LogP contribution is -2.23. The molecule has 0 radical (unpaired) electrons. The summed E-state index contributed by atoms with van der Waals surface area (Å²) in [6.45, 7) is 0. The van der Waals surface area contributed by atoms with Crippen LogP contribution in [0.15, 0.2) is 29.4 Å². The first-order valence-electron chi connectivity index (χ1n) is 3.84. The summed E-state index contributed by atoms with van der Waals surface area (Å²) in [5, 5.41) is 13.2. The minimum Gasteiger partial charge on any atom is -0.507 e. The molecule has 2 N–H and O–H groups in total. The fourth-order valence-corrected chi connectivity index (χ4v) is 0.920. The van der Waals surface area contributed by atoms with Gasteiger partial charge in [-0.15, -0.1) is 0 Å². The zero-order chi connectivity index (χ0) is 11.3. The molecule has 4 nitrogen and oxygen atoms in total. The molecule has 0 atom stereocenters. The van der Waals surface area contributed by atoms with E-state index in [0.717, 1.165) is 0 Å². The van der Waals surface area contributed by atoms with Gasteiger partial charge >= 0.3 is 0 Å². The van der Waals surface area contributed by atoms with Crippen molar-refractivity contribution in [2.45, 2.75) is 0 Å². The van der Waals surface area contributed by atoms with Gasteiger partial charge in [-0.3, -0.25) is 5.43 Å². The summed E-state index contributed by atoms with van der Waals surface area (Å²) in [7, 11) is 0. The van der Waals surface area contributed by atoms with E-state index < -0.39 is 0 Å². The predicted octanol–water partition coefficient (Wildman–Crippen LogP) is 2.21. The molecule has 0 aliphatic carbocycles. The van der Waals surface area contributed by atoms with Gasteiger partial charge in [-0.05, 0) is 24.4 Å². The highest BCUT2D eigenvalue weighted by Crippen LogP contribution is 2.12. The SMILES string of the molecule is Oc1ccccc1C=NNC(=S)N(Cl)Cl. The van der Waals surface area contributed by atoms with Crippen molar-refractivity contribution < 1.29 is 5.11 Å². The molecule has 0 heterocycles. The number of rotatable bonds is 2. The average molecular weight is 264 g/mol. The molecule has 0 aliphatic heterocycles. The maximum atomic E-state index is 9.37. The van der Waals surface area contributed by atoms with Crippen molar-refractivity contribution in [3.63, 3.8) is 0 Å². The molecule has 1 aromatic rings. The Morgan fingerprint density at radius 1 is 1.47 bits per heavy atom. The van der Waals surface area contributed by atoms with E-state index in [0.29, 0.717) is 9.50 Å². The number of benzene rings is 1. The van der Waals surface area contributed by atoms with E-state index >= 15 is 0 Å². The van der Waals surface area contributed by atoms with E-state index in [1.165, 1.54) is 6.21 Å². The molecule has 0 fully saturated rings. The molecule has 1 aromatic carbocycles. The number of nitrogens with zero attached hydrogens (tertiary/aromatic N) is 2. The first-order valence-corrected chi connectivity index (χ1v) is 4.92. The fraction of sp³-hybridized carbons (Fsp3) is 0. The van der Waals surface area contributed by atoms with Crippen molar-refractivity contribution in [1.82, 2.24) is 9.36 Å². The molecule has 0 unspecified atom stereocenters. The lowest BCUT2D eigenvalue weighted by molar-refractivity contribution is 0.474. The average Bonchev–Trinajstić information content (AvgIpc) is 2.20. The van der Waals surface area contributed by atoms with Gasteiger partial charge in [0.2, 0.25) is 5.11 Å². The molecule has 0 aromatic heterocycles. The zero-order valence-electron chi connectivity index (χ0n) is 7.39. The van der Waals surface area contributed by atoms with Crippen molar-refractivity contribution in [3.05, 3.63) is 29.8 Å². The van der Waals surface area contributed by atoms with E-state index in [-0.39, 0.29) is 10.9 Å². The molecule has 0 saturated carbocycles. The van der Waals surface area contributed by atoms with E-state index in [2.05, 4.69) is 10.5 Å². The lowest BCUT2D eigenvalue weighted by atomic mass is 10.2. The van der Waals surface area contributed by atoms with E-state index in [1.54, 1.807) is 24.3 Å². The van der Waals surface area contributed by atoms with Gasteiger partial charge in [0, 0.05) is 29.1 Å². The molecular weight excluding hydrogens is 257 g/mol. The van der Waals surface area contributed by atoms with E-state index in [1.807, 2.05) is 0 Å². The summed E-state index contributed by atoms with van der Waals surface area (Å²) < 4.78 is 0.678. The Morgan fingerprint density at radius 2 is 2.13 bits per heavy atom. The highest BCUT2D eigenvalue weighted by molar-refractivity contribution is 7.80. The van der Waals surface area contributed by atoms with Crippen LogP contribution in [0.1, 0.15) is 5.56 Å². The number of phenols is 1. The molecule has 15 heavy (non-hydrogen) atoms. The summed E-state index contributed by atoms with van der Waals surface area (Å²) >= 11 is 15.3. The van der Waals surface area contributed by atoms with Crippen molar-refractivity contribution in [2.75, 3.05) is 0 Å². The zero-order valence-corrected chi connectivity index (χ0v) is 9.72. The highest BCUT2D eigenvalue weighted by Gasteiger charge is 2.00. The van der Waals surface area contributed by atoms with Gasteiger partial charge in [-0.25, -0.2) is 0 Å². The number of hydrazone groups is 1. The van der Waals surface area contributed by atoms with Crippen molar-refractivity contribution in [2.24, 2.45) is 5.10 Å². The topological polar surface area (TPSA) is 47.9 Å². The normalized spacial score (nSPS) is 10.3. The second-order valence-corrected chi connectivity index (χ2v) is 3.70. The van der Waals surface area contributed by atoms with Crippen LogP contribution in [0.3, 0.4) is 0 Å². The molecule has 0 aliphatic rings. The minimum absolute atomic E-state index is 0.0463. The third-order valence-corrected chi connectivity index (χ3v) is 2.27. The summed E-state index contributed by atoms with van der Waals surface area (Å²) in [6, 6.07) is 6.73. The van der Waals surface area contributed by atoms with Crippen LogP contribution in [0.25, 0.3) is 0 Å². The van der Waals surface area contributed by atoms with Crippen LogP contribution in [-0.4, -0.2) is 20.4 Å². The molecule has 0 amide bonds. The number of hydrogen-bond acceptors (Lipinski definition) is 3. The number of phenolic OH excluding ortho intramolecular Hbond substituents is 1. The Balaban J connectivity index is 2.59. The van der Waals surface area contributed by atoms with Crippen molar-refractivity contribution in [1.29, 1.82) is 0 Å². The van der Waals surface area contributed by atoms with Gasteiger partial charge < -0.3 is 5.11 Å². The van der Waals surface area contributed by atoms with Crippen LogP contribution in [0.2, 0.25) is 0 Å². The van der Waals surface area contributed by atoms with Crippen LogP contribution in [0.4, 0.5) is 0 Å². The quantitative estimate of drug-likeness (QED) is 0.372. The third-order valence-electron chi connectivity index (χ3n) is 1.45. The van der Waals surface area contributed by atoms with Gasteiger partial charge in [0.15, 0.2) is 0 Å². The van der Waals surface area contributed by atoms with Gasteiger partial charge in [0.25, 0.3) is 0 Å². The number of nitrogens with one attached hydrogen (secondary N) is 1. The van der Waals surface area contributed by atoms with E-state index in [9.17, 15) is 5.11 Å². The van der Waals surface area contributed by atoms with Crippen molar-refractivity contribution in [3.8, 4) is 5.75 Å². The first-order chi connectivity index (χ1) is 7.11. The number of aromatic hydroxyl groups is 1. The Hall–Kier alpha value is -1.04. The summed E-state index contributed by atoms with van der Waals surface area (Å²) in [5.74, 6) is 0.127. The minimum atomic E-state index is 0.0463. The molecule has 0 saturated heterocycles. The van der Waals surface area contributed by atoms with Gasteiger partial charge in [-0.2, -0.15) is 9.04 Å². The van der Waals surface area contributed by atoms with Crippen LogP contribution in [0, 0.1) is 0 Å². The second-order valence-electron chi connectivity index (χ2n) is 2.47. The molecule has 0 bridgehead atoms. The molecule has 1 rings (SSSR count). The predicted molar refractivity (Wildman–Crippen MR) is 65.0 cm³/mol. The van der Waals surface area contributed by atoms with Crippen LogP contribution in [-0.2, 0) is 0 Å². The van der Waals surface area contributed by atoms with Crippen LogP contribution in [0.5, 0.6) is 5.75 Å². The maximum absolute atomic E-state index is 9.37. The van der Waals surface area contributed by atoms with Crippen LogP contribution < -0.4 is 5.43 Å². The highest BCUT2D eigenvalue weighted by atomic mass is 35.5. The third kappa shape index (κ3) is 3.91. The Kier molecular flexibility index (Phi) is 4.61. The Bertz CT molecular complexity index is 384. The smallest absolute Gasteiger partial charge is 0.220 e. The maximum Gasteiger partial charge on any atom is 0.220 e. The Labute approximate surface area is 102 Å².